The smallest absolute Gasteiger partial charge is 0.193 e. The number of likely N-dealkylation sites (N-methyl/N-ethyl adjacent to an activating group) is 2. The van der Waals surface area contributed by atoms with E-state index in [-0.39, 0.29) is 0 Å². The van der Waals surface area contributed by atoms with Gasteiger partial charge in [-0.15, -0.1) is 0 Å². The van der Waals surface area contributed by atoms with Crippen molar-refractivity contribution in [2.45, 2.75) is 25.0 Å². The van der Waals surface area contributed by atoms with Gasteiger partial charge in [-0.25, -0.2) is 0 Å². The van der Waals surface area contributed by atoms with Gasteiger partial charge in [0.25, 0.3) is 0 Å². The highest BCUT2D eigenvalue weighted by Crippen LogP contribution is 2.18. The second kappa shape index (κ2) is 9.24. The molecule has 0 bridgehead atoms. The molecule has 144 valence electrons. The minimum absolute atomic E-state index is 0.296. The Morgan fingerprint density at radius 3 is 2.54 bits per heavy atom. The SMILES string of the molecule is CN=C(NCC1CN(C)CCN1C)N1CCC(Oc2ccccc2)CC1. The van der Waals surface area contributed by atoms with Crippen LogP contribution in [-0.4, -0.2) is 93.2 Å². The summed E-state index contributed by atoms with van der Waals surface area (Å²) in [5, 5.41) is 3.59. The Hall–Kier alpha value is -1.79. The van der Waals surface area contributed by atoms with Crippen LogP contribution in [0.5, 0.6) is 5.75 Å². The normalized spacial score (nSPS) is 23.9. The maximum absolute atomic E-state index is 6.10. The molecular formula is C20H33N5O. The van der Waals surface area contributed by atoms with Gasteiger partial charge in [0, 0.05) is 65.2 Å². The number of guanidine groups is 1. The van der Waals surface area contributed by atoms with Gasteiger partial charge in [0.15, 0.2) is 5.96 Å². The molecule has 1 unspecified atom stereocenters. The number of para-hydroxylation sites is 1. The molecule has 2 aliphatic heterocycles. The Labute approximate surface area is 157 Å². The molecule has 0 aliphatic carbocycles. The van der Waals surface area contributed by atoms with E-state index in [4.69, 9.17) is 4.74 Å². The highest BCUT2D eigenvalue weighted by atomic mass is 16.5. The van der Waals surface area contributed by atoms with Crippen LogP contribution in [0.3, 0.4) is 0 Å². The molecule has 0 radical (unpaired) electrons. The van der Waals surface area contributed by atoms with Crippen molar-refractivity contribution in [2.24, 2.45) is 4.99 Å². The molecule has 1 atom stereocenters. The summed E-state index contributed by atoms with van der Waals surface area (Å²) < 4.78 is 6.10. The molecule has 0 aromatic heterocycles. The van der Waals surface area contributed by atoms with Crippen molar-refractivity contribution in [1.82, 2.24) is 20.0 Å². The van der Waals surface area contributed by atoms with Crippen LogP contribution in [0.25, 0.3) is 0 Å². The first-order valence-electron chi connectivity index (χ1n) is 9.72. The number of hydrogen-bond acceptors (Lipinski definition) is 4. The van der Waals surface area contributed by atoms with Gasteiger partial charge in [0.05, 0.1) is 0 Å². The van der Waals surface area contributed by atoms with Gasteiger partial charge in [0.2, 0.25) is 0 Å². The van der Waals surface area contributed by atoms with Crippen LogP contribution in [0.4, 0.5) is 0 Å². The highest BCUT2D eigenvalue weighted by Gasteiger charge is 2.25. The Morgan fingerprint density at radius 1 is 1.12 bits per heavy atom. The zero-order chi connectivity index (χ0) is 18.4. The van der Waals surface area contributed by atoms with Crippen LogP contribution in [-0.2, 0) is 0 Å². The lowest BCUT2D eigenvalue weighted by molar-refractivity contribution is 0.113. The topological polar surface area (TPSA) is 43.3 Å². The van der Waals surface area contributed by atoms with Crippen molar-refractivity contribution in [2.75, 3.05) is 60.4 Å². The van der Waals surface area contributed by atoms with E-state index in [1.165, 1.54) is 0 Å². The summed E-state index contributed by atoms with van der Waals surface area (Å²) >= 11 is 0. The van der Waals surface area contributed by atoms with Gasteiger partial charge < -0.3 is 19.9 Å². The first kappa shape index (κ1) is 19.0. The predicted molar refractivity (Wildman–Crippen MR) is 107 cm³/mol. The van der Waals surface area contributed by atoms with Crippen molar-refractivity contribution in [3.63, 3.8) is 0 Å². The predicted octanol–water partition coefficient (Wildman–Crippen LogP) is 1.35. The summed E-state index contributed by atoms with van der Waals surface area (Å²) in [5.41, 5.74) is 0. The molecule has 2 fully saturated rings. The molecule has 2 heterocycles. The van der Waals surface area contributed by atoms with Gasteiger partial charge in [-0.2, -0.15) is 0 Å². The van der Waals surface area contributed by atoms with E-state index in [1.807, 2.05) is 37.4 Å². The molecule has 0 amide bonds. The molecule has 3 rings (SSSR count). The monoisotopic (exact) mass is 359 g/mol. The summed E-state index contributed by atoms with van der Waals surface area (Å²) in [7, 11) is 6.30. The first-order valence-corrected chi connectivity index (χ1v) is 9.72. The van der Waals surface area contributed by atoms with E-state index < -0.39 is 0 Å². The molecular weight excluding hydrogens is 326 g/mol. The largest absolute Gasteiger partial charge is 0.490 e. The van der Waals surface area contributed by atoms with Gasteiger partial charge >= 0.3 is 0 Å². The summed E-state index contributed by atoms with van der Waals surface area (Å²) in [4.78, 5) is 11.7. The fourth-order valence-corrected chi connectivity index (χ4v) is 3.74. The third-order valence-electron chi connectivity index (χ3n) is 5.48. The number of benzene rings is 1. The minimum atomic E-state index is 0.296. The van der Waals surface area contributed by atoms with E-state index in [0.29, 0.717) is 12.1 Å². The van der Waals surface area contributed by atoms with Gasteiger partial charge in [-0.3, -0.25) is 9.89 Å². The summed E-state index contributed by atoms with van der Waals surface area (Å²) in [6, 6.07) is 10.7. The third-order valence-corrected chi connectivity index (χ3v) is 5.48. The lowest BCUT2D eigenvalue weighted by Crippen LogP contribution is -2.56. The van der Waals surface area contributed by atoms with Crippen molar-refractivity contribution < 1.29 is 4.74 Å². The molecule has 0 spiro atoms. The van der Waals surface area contributed by atoms with Gasteiger partial charge in [-0.05, 0) is 26.2 Å². The fraction of sp³-hybridized carbons (Fsp3) is 0.650. The Bertz CT molecular complexity index is 571. The van der Waals surface area contributed by atoms with Crippen LogP contribution in [0.2, 0.25) is 0 Å². The summed E-state index contributed by atoms with van der Waals surface area (Å²) in [6.07, 6.45) is 2.36. The van der Waals surface area contributed by atoms with Crippen LogP contribution >= 0.6 is 0 Å². The molecule has 1 N–H and O–H groups in total. The summed E-state index contributed by atoms with van der Waals surface area (Å²) in [5.74, 6) is 1.99. The number of ether oxygens (including phenoxy) is 1. The maximum atomic E-state index is 6.10. The number of piperidine rings is 1. The number of nitrogens with zero attached hydrogens (tertiary/aromatic N) is 4. The van der Waals surface area contributed by atoms with Crippen LogP contribution in [0.1, 0.15) is 12.8 Å². The lowest BCUT2D eigenvalue weighted by atomic mass is 10.1. The average Bonchev–Trinajstić information content (AvgIpc) is 2.67. The third kappa shape index (κ3) is 5.11. The van der Waals surface area contributed by atoms with Crippen molar-refractivity contribution in [1.29, 1.82) is 0 Å². The van der Waals surface area contributed by atoms with E-state index in [9.17, 15) is 0 Å². The fourth-order valence-electron chi connectivity index (χ4n) is 3.74. The molecule has 2 aliphatic rings. The van der Waals surface area contributed by atoms with E-state index in [0.717, 1.165) is 63.8 Å². The van der Waals surface area contributed by atoms with Crippen molar-refractivity contribution in [3.8, 4) is 5.75 Å². The zero-order valence-electron chi connectivity index (χ0n) is 16.4. The second-order valence-electron chi connectivity index (χ2n) is 7.44. The van der Waals surface area contributed by atoms with Gasteiger partial charge in [-0.1, -0.05) is 18.2 Å². The Morgan fingerprint density at radius 2 is 1.85 bits per heavy atom. The van der Waals surface area contributed by atoms with Gasteiger partial charge in [0.1, 0.15) is 11.9 Å². The number of nitrogens with one attached hydrogen (secondary N) is 1. The molecule has 6 nitrogen and oxygen atoms in total. The number of rotatable bonds is 4. The Kier molecular flexibility index (Phi) is 6.74. The molecule has 26 heavy (non-hydrogen) atoms. The Balaban J connectivity index is 1.45. The van der Waals surface area contributed by atoms with Crippen LogP contribution in [0.15, 0.2) is 35.3 Å². The van der Waals surface area contributed by atoms with E-state index in [1.54, 1.807) is 0 Å². The highest BCUT2D eigenvalue weighted by molar-refractivity contribution is 5.80. The van der Waals surface area contributed by atoms with Crippen LogP contribution in [0, 0.1) is 0 Å². The molecule has 0 saturated carbocycles. The molecule has 1 aromatic rings. The molecule has 2 saturated heterocycles. The number of aliphatic imine (C=N–C) groups is 1. The summed E-state index contributed by atoms with van der Waals surface area (Å²) in [6.45, 7) is 6.29. The standard InChI is InChI=1S/C20H33N5O/c1-21-20(22-15-17-16-23(2)13-14-24(17)3)25-11-9-19(10-12-25)26-18-7-5-4-6-8-18/h4-8,17,19H,9-16H2,1-3H3,(H,21,22). The number of piperazine rings is 1. The van der Waals surface area contributed by atoms with Crippen molar-refractivity contribution >= 4 is 5.96 Å². The second-order valence-corrected chi connectivity index (χ2v) is 7.44. The van der Waals surface area contributed by atoms with Crippen molar-refractivity contribution in [3.05, 3.63) is 30.3 Å². The first-order chi connectivity index (χ1) is 12.7. The van der Waals surface area contributed by atoms with E-state index in [2.05, 4.69) is 39.1 Å². The molecule has 6 heteroatoms. The average molecular weight is 360 g/mol. The van der Waals surface area contributed by atoms with Crippen LogP contribution < -0.4 is 10.1 Å². The maximum Gasteiger partial charge on any atom is 0.193 e. The zero-order valence-corrected chi connectivity index (χ0v) is 16.4. The minimum Gasteiger partial charge on any atom is -0.490 e. The van der Waals surface area contributed by atoms with E-state index >= 15 is 0 Å². The molecule has 1 aromatic carbocycles. The quantitative estimate of drug-likeness (QED) is 0.649. The number of hydrogen-bond donors (Lipinski definition) is 1. The lowest BCUT2D eigenvalue weighted by Gasteiger charge is -2.39. The number of likely N-dealkylation sites (tertiary alicyclic amines) is 1.